The van der Waals surface area contributed by atoms with E-state index in [1.807, 2.05) is 28.7 Å². The van der Waals surface area contributed by atoms with Gasteiger partial charge >= 0.3 is 0 Å². The van der Waals surface area contributed by atoms with E-state index in [0.29, 0.717) is 36.5 Å². The molecule has 1 atom stereocenters. The zero-order valence-corrected chi connectivity index (χ0v) is 21.4. The molecule has 0 fully saturated rings. The fourth-order valence-electron chi connectivity index (χ4n) is 3.58. The van der Waals surface area contributed by atoms with Gasteiger partial charge in [-0.15, -0.1) is 0 Å². The van der Waals surface area contributed by atoms with E-state index in [9.17, 15) is 9.00 Å². The van der Waals surface area contributed by atoms with Crippen molar-refractivity contribution in [1.82, 2.24) is 4.98 Å². The first kappa shape index (κ1) is 24.9. The number of pyridine rings is 1. The third-order valence-corrected chi connectivity index (χ3v) is 7.22. The molecule has 1 amide bonds. The zero-order chi connectivity index (χ0) is 25.1. The predicted molar refractivity (Wildman–Crippen MR) is 145 cm³/mol. The Morgan fingerprint density at radius 3 is 2.63 bits per heavy atom. The fraction of sp³-hybridized carbons (Fsp3) is 0.0400. The Labute approximate surface area is 217 Å². The van der Waals surface area contributed by atoms with Crippen LogP contribution in [0.15, 0.2) is 83.6 Å². The molecule has 7 nitrogen and oxygen atoms in total. The van der Waals surface area contributed by atoms with Crippen LogP contribution in [0.2, 0.25) is 0 Å². The second-order valence-electron chi connectivity index (χ2n) is 7.55. The second kappa shape index (κ2) is 10.6. The summed E-state index contributed by atoms with van der Waals surface area (Å²) < 4.78 is 32.3. The van der Waals surface area contributed by atoms with Gasteiger partial charge in [-0.05, 0) is 81.9 Å². The van der Waals surface area contributed by atoms with Gasteiger partial charge in [-0.2, -0.15) is 10.2 Å². The molecule has 5 N–H and O–H groups in total. The monoisotopic (exact) mass is 602 g/mol. The van der Waals surface area contributed by atoms with E-state index in [4.69, 9.17) is 11.6 Å². The molecule has 1 heterocycles. The number of nitrogens with one attached hydrogen (secondary N) is 1. The molecule has 4 rings (SSSR count). The van der Waals surface area contributed by atoms with Crippen LogP contribution in [0.3, 0.4) is 0 Å². The van der Waals surface area contributed by atoms with E-state index in [2.05, 4.69) is 14.6 Å². The Hall–Kier alpha value is -3.19. The highest BCUT2D eigenvalue weighted by Crippen LogP contribution is 2.31. The molecule has 10 heteroatoms. The fourth-order valence-corrected chi connectivity index (χ4v) is 4.89. The van der Waals surface area contributed by atoms with Crippen molar-refractivity contribution in [2.45, 2.75) is 11.8 Å². The van der Waals surface area contributed by atoms with Gasteiger partial charge in [0.2, 0.25) is 11.1 Å². The van der Waals surface area contributed by atoms with Gasteiger partial charge in [0.25, 0.3) is 5.91 Å². The lowest BCUT2D eigenvalue weighted by Crippen LogP contribution is -2.14. The molecule has 35 heavy (non-hydrogen) atoms. The molecule has 0 radical (unpaired) electrons. The lowest BCUT2D eigenvalue weighted by Gasteiger charge is -2.12. The van der Waals surface area contributed by atoms with Gasteiger partial charge in [0.05, 0.1) is 10.6 Å². The van der Waals surface area contributed by atoms with Gasteiger partial charge in [0.1, 0.15) is 5.82 Å². The molecule has 0 bridgehead atoms. The van der Waals surface area contributed by atoms with E-state index in [-0.39, 0.29) is 5.57 Å². The van der Waals surface area contributed by atoms with Crippen molar-refractivity contribution < 1.29 is 17.7 Å². The van der Waals surface area contributed by atoms with Crippen molar-refractivity contribution >= 4 is 67.4 Å². The zero-order valence-electron chi connectivity index (χ0n) is 18.4. The van der Waals surface area contributed by atoms with Crippen molar-refractivity contribution in [2.75, 3.05) is 11.1 Å². The normalized spacial score (nSPS) is 12.8. The summed E-state index contributed by atoms with van der Waals surface area (Å²) in [5, 5.41) is 4.17. The quantitative estimate of drug-likeness (QED) is 0.156. The lowest BCUT2D eigenvalue weighted by atomic mass is 10.0. The van der Waals surface area contributed by atoms with Gasteiger partial charge in [0.15, 0.2) is 5.83 Å². The van der Waals surface area contributed by atoms with Gasteiger partial charge < -0.3 is 11.1 Å². The number of allylic oxidation sites excluding steroid dienone is 1. The first-order chi connectivity index (χ1) is 16.8. The van der Waals surface area contributed by atoms with Gasteiger partial charge in [0, 0.05) is 20.7 Å². The van der Waals surface area contributed by atoms with Crippen LogP contribution in [0, 0.1) is 3.57 Å². The number of amides is 1. The highest BCUT2D eigenvalue weighted by atomic mass is 127. The number of fused-ring (bicyclic) bond motifs is 1. The minimum absolute atomic E-state index is 0.178. The highest BCUT2D eigenvalue weighted by Gasteiger charge is 2.17. The Balaban J connectivity index is 1.60. The lowest BCUT2D eigenvalue weighted by molar-refractivity contribution is -0.114. The van der Waals surface area contributed by atoms with Gasteiger partial charge in [-0.25, -0.2) is 13.6 Å². The van der Waals surface area contributed by atoms with Crippen LogP contribution in [0.1, 0.15) is 12.5 Å². The van der Waals surface area contributed by atoms with E-state index >= 15 is 4.39 Å². The molecular formula is C25H20FIN4O3S. The second-order valence-corrected chi connectivity index (χ2v) is 9.81. The standard InChI is InChI=1S/C25H20FIN4O3S/c1-14(16-7-6-15-10-11-30-24(28)19(15)12-16)23(26)25(32)31-21-9-8-17(13-20(21)27)18-4-2-3-5-22(18)35(33)34-29/h2-13H,29H2,1H3,(H2,28,30)(H,31,32)/b23-14+. The van der Waals surface area contributed by atoms with Crippen LogP contribution < -0.4 is 16.9 Å². The summed E-state index contributed by atoms with van der Waals surface area (Å²) in [7, 11) is 0. The van der Waals surface area contributed by atoms with E-state index in [1.54, 1.807) is 66.9 Å². The SMILES string of the molecule is C/C(=C(\F)C(=O)Nc1ccc(-c2ccccc2S(=O)ON)cc1I)c1ccc2ccnc(N)c2c1. The summed E-state index contributed by atoms with van der Waals surface area (Å²) >= 11 is 0.218. The number of carbonyl (C=O) groups excluding carboxylic acids is 1. The Morgan fingerprint density at radius 2 is 1.89 bits per heavy atom. The maximum atomic E-state index is 15.1. The summed E-state index contributed by atoms with van der Waals surface area (Å²) in [6.07, 6.45) is 1.60. The molecule has 3 aromatic carbocycles. The maximum absolute atomic E-state index is 15.1. The van der Waals surface area contributed by atoms with Gasteiger partial charge in [-0.3, -0.25) is 4.79 Å². The average Bonchev–Trinajstić information content (AvgIpc) is 2.88. The number of nitrogens with zero attached hydrogens (tertiary/aromatic N) is 1. The number of benzene rings is 3. The summed E-state index contributed by atoms with van der Waals surface area (Å²) in [5.74, 6) is 3.64. The molecule has 0 saturated heterocycles. The minimum Gasteiger partial charge on any atom is -0.383 e. The van der Waals surface area contributed by atoms with Crippen molar-refractivity contribution in [3.63, 3.8) is 0 Å². The third-order valence-electron chi connectivity index (χ3n) is 5.44. The van der Waals surface area contributed by atoms with Crippen molar-refractivity contribution in [2.24, 2.45) is 5.90 Å². The number of hydrogen-bond donors (Lipinski definition) is 3. The van der Waals surface area contributed by atoms with Crippen LogP contribution >= 0.6 is 22.6 Å². The van der Waals surface area contributed by atoms with Crippen LogP contribution in [0.5, 0.6) is 0 Å². The highest BCUT2D eigenvalue weighted by molar-refractivity contribution is 14.1. The predicted octanol–water partition coefficient (Wildman–Crippen LogP) is 5.34. The van der Waals surface area contributed by atoms with E-state index < -0.39 is 22.8 Å². The first-order valence-corrected chi connectivity index (χ1v) is 12.5. The molecule has 4 aromatic rings. The topological polar surface area (TPSA) is 120 Å². The van der Waals surface area contributed by atoms with Crippen molar-refractivity contribution in [3.05, 3.63) is 87.9 Å². The maximum Gasteiger partial charge on any atom is 0.284 e. The molecule has 0 aliphatic rings. The molecule has 1 aromatic heterocycles. The van der Waals surface area contributed by atoms with Crippen molar-refractivity contribution in [3.8, 4) is 11.1 Å². The number of hydrogen-bond acceptors (Lipinski definition) is 6. The number of halogens is 2. The summed E-state index contributed by atoms with van der Waals surface area (Å²) in [6.45, 7) is 1.53. The summed E-state index contributed by atoms with van der Waals surface area (Å²) in [6, 6.07) is 19.2. The van der Waals surface area contributed by atoms with Crippen LogP contribution in [0.4, 0.5) is 15.9 Å². The molecule has 1 unspecified atom stereocenters. The molecule has 178 valence electrons. The molecule has 0 aliphatic heterocycles. The Bertz CT molecular complexity index is 1510. The van der Waals surface area contributed by atoms with E-state index in [0.717, 1.165) is 10.9 Å². The van der Waals surface area contributed by atoms with E-state index in [1.165, 1.54) is 6.92 Å². The van der Waals surface area contributed by atoms with Gasteiger partial charge in [-0.1, -0.05) is 36.4 Å². The summed E-state index contributed by atoms with van der Waals surface area (Å²) in [5.41, 5.74) is 8.48. The number of aromatic nitrogens is 1. The third kappa shape index (κ3) is 5.25. The van der Waals surface area contributed by atoms with Crippen LogP contribution in [-0.2, 0) is 20.2 Å². The summed E-state index contributed by atoms with van der Waals surface area (Å²) in [4.78, 5) is 17.2. The largest absolute Gasteiger partial charge is 0.383 e. The number of nitrogens with two attached hydrogens (primary N) is 2. The number of rotatable bonds is 6. The number of anilines is 2. The smallest absolute Gasteiger partial charge is 0.284 e. The van der Waals surface area contributed by atoms with Crippen LogP contribution in [-0.4, -0.2) is 15.1 Å². The molecular weight excluding hydrogens is 582 g/mol. The van der Waals surface area contributed by atoms with Crippen LogP contribution in [0.25, 0.3) is 27.5 Å². The Kier molecular flexibility index (Phi) is 7.55. The Morgan fingerprint density at radius 1 is 1.11 bits per heavy atom. The average molecular weight is 602 g/mol. The number of nitrogen functional groups attached to an aromatic ring is 1. The minimum atomic E-state index is -1.83. The molecule has 0 spiro atoms. The number of carbonyl (C=O) groups is 1. The van der Waals surface area contributed by atoms with Crippen molar-refractivity contribution in [1.29, 1.82) is 0 Å². The first-order valence-electron chi connectivity index (χ1n) is 10.3. The molecule has 0 aliphatic carbocycles. The molecule has 0 saturated carbocycles.